The lowest BCUT2D eigenvalue weighted by Gasteiger charge is -1.98. The van der Waals surface area contributed by atoms with Gasteiger partial charge in [0.2, 0.25) is 0 Å². The highest BCUT2D eigenvalue weighted by molar-refractivity contribution is 5.31. The van der Waals surface area contributed by atoms with Crippen LogP contribution in [-0.2, 0) is 13.5 Å². The van der Waals surface area contributed by atoms with Crippen molar-refractivity contribution in [2.24, 2.45) is 7.05 Å². The third-order valence-corrected chi connectivity index (χ3v) is 1.67. The van der Waals surface area contributed by atoms with Gasteiger partial charge < -0.3 is 0 Å². The van der Waals surface area contributed by atoms with Gasteiger partial charge in [-0.15, -0.1) is 0 Å². The van der Waals surface area contributed by atoms with E-state index in [1.54, 1.807) is 10.9 Å². The van der Waals surface area contributed by atoms with Gasteiger partial charge in [0, 0.05) is 7.05 Å². The molecule has 0 fully saturated rings. The van der Waals surface area contributed by atoms with Crippen LogP contribution in [0.2, 0.25) is 0 Å². The van der Waals surface area contributed by atoms with Crippen LogP contribution in [0.4, 0.5) is 0 Å². The van der Waals surface area contributed by atoms with Gasteiger partial charge in [0.15, 0.2) is 0 Å². The standard InChI is InChI=1S/C8H11N3/c1-3-4-8-7(5-9)6-10-11(8)2/h6H,3-4H2,1-2H3. The Morgan fingerprint density at radius 3 is 3.00 bits per heavy atom. The van der Waals surface area contributed by atoms with Gasteiger partial charge in [-0.25, -0.2) is 0 Å². The van der Waals surface area contributed by atoms with Crippen LogP contribution < -0.4 is 0 Å². The molecule has 0 unspecified atom stereocenters. The van der Waals surface area contributed by atoms with Crippen molar-refractivity contribution in [1.82, 2.24) is 9.78 Å². The summed E-state index contributed by atoms with van der Waals surface area (Å²) in [7, 11) is 1.87. The van der Waals surface area contributed by atoms with Crippen LogP contribution in [0.3, 0.4) is 0 Å². The number of hydrogen-bond acceptors (Lipinski definition) is 2. The second-order valence-corrected chi connectivity index (χ2v) is 2.49. The van der Waals surface area contributed by atoms with E-state index in [0.717, 1.165) is 18.5 Å². The van der Waals surface area contributed by atoms with Crippen LogP contribution in [0, 0.1) is 11.3 Å². The number of aryl methyl sites for hydroxylation is 1. The summed E-state index contributed by atoms with van der Waals surface area (Å²) in [5.74, 6) is 0. The summed E-state index contributed by atoms with van der Waals surface area (Å²) in [5, 5.41) is 12.7. The minimum atomic E-state index is 0.703. The van der Waals surface area contributed by atoms with Crippen LogP contribution in [0.25, 0.3) is 0 Å². The molecule has 0 N–H and O–H groups in total. The number of aromatic nitrogens is 2. The zero-order valence-corrected chi connectivity index (χ0v) is 6.83. The molecule has 1 aromatic heterocycles. The zero-order valence-electron chi connectivity index (χ0n) is 6.83. The molecule has 3 nitrogen and oxygen atoms in total. The van der Waals surface area contributed by atoms with Crippen molar-refractivity contribution < 1.29 is 0 Å². The van der Waals surface area contributed by atoms with E-state index in [4.69, 9.17) is 5.26 Å². The van der Waals surface area contributed by atoms with Crippen molar-refractivity contribution in [2.45, 2.75) is 19.8 Å². The lowest BCUT2D eigenvalue weighted by atomic mass is 10.2. The maximum Gasteiger partial charge on any atom is 0.103 e. The molecule has 1 heterocycles. The fourth-order valence-corrected chi connectivity index (χ4v) is 1.09. The first-order valence-electron chi connectivity index (χ1n) is 3.70. The summed E-state index contributed by atoms with van der Waals surface area (Å²) in [4.78, 5) is 0. The van der Waals surface area contributed by atoms with Crippen molar-refractivity contribution >= 4 is 0 Å². The molecule has 0 aliphatic rings. The minimum Gasteiger partial charge on any atom is -0.271 e. The van der Waals surface area contributed by atoms with E-state index in [0.29, 0.717) is 5.56 Å². The van der Waals surface area contributed by atoms with Crippen LogP contribution in [0.15, 0.2) is 6.20 Å². The number of nitrogens with zero attached hydrogens (tertiary/aromatic N) is 3. The largest absolute Gasteiger partial charge is 0.271 e. The average molecular weight is 149 g/mol. The molecule has 0 aliphatic carbocycles. The topological polar surface area (TPSA) is 41.6 Å². The van der Waals surface area contributed by atoms with Gasteiger partial charge >= 0.3 is 0 Å². The molecule has 0 amide bonds. The van der Waals surface area contributed by atoms with Crippen molar-refractivity contribution in [2.75, 3.05) is 0 Å². The molecule has 0 aromatic carbocycles. The van der Waals surface area contributed by atoms with E-state index in [1.807, 2.05) is 7.05 Å². The SMILES string of the molecule is CCCc1c(C#N)cnn1C. The minimum absolute atomic E-state index is 0.703. The molecule has 1 rings (SSSR count). The normalized spacial score (nSPS) is 9.55. The van der Waals surface area contributed by atoms with E-state index >= 15 is 0 Å². The molecular formula is C8H11N3. The quantitative estimate of drug-likeness (QED) is 0.635. The highest BCUT2D eigenvalue weighted by Gasteiger charge is 2.05. The maximum atomic E-state index is 8.66. The Morgan fingerprint density at radius 2 is 2.45 bits per heavy atom. The van der Waals surface area contributed by atoms with Gasteiger partial charge in [0.1, 0.15) is 6.07 Å². The molecule has 3 heteroatoms. The van der Waals surface area contributed by atoms with Crippen LogP contribution in [0.1, 0.15) is 24.6 Å². The van der Waals surface area contributed by atoms with Crippen molar-refractivity contribution in [3.63, 3.8) is 0 Å². The van der Waals surface area contributed by atoms with Gasteiger partial charge in [-0.2, -0.15) is 10.4 Å². The molecule has 1 aromatic rings. The summed E-state index contributed by atoms with van der Waals surface area (Å²) in [6, 6.07) is 2.12. The van der Waals surface area contributed by atoms with Crippen LogP contribution in [0.5, 0.6) is 0 Å². The Balaban J connectivity index is 3.00. The van der Waals surface area contributed by atoms with E-state index in [-0.39, 0.29) is 0 Å². The van der Waals surface area contributed by atoms with Gasteiger partial charge in [0.05, 0.1) is 17.5 Å². The predicted molar refractivity (Wildman–Crippen MR) is 41.9 cm³/mol. The Kier molecular flexibility index (Phi) is 2.27. The second kappa shape index (κ2) is 3.20. The van der Waals surface area contributed by atoms with Crippen molar-refractivity contribution in [3.8, 4) is 6.07 Å². The van der Waals surface area contributed by atoms with E-state index in [9.17, 15) is 0 Å². The third kappa shape index (κ3) is 1.40. The molecule has 0 radical (unpaired) electrons. The van der Waals surface area contributed by atoms with E-state index in [2.05, 4.69) is 18.1 Å². The smallest absolute Gasteiger partial charge is 0.103 e. The van der Waals surface area contributed by atoms with Gasteiger partial charge in [-0.05, 0) is 6.42 Å². The molecule has 0 atom stereocenters. The fourth-order valence-electron chi connectivity index (χ4n) is 1.09. The number of hydrogen-bond donors (Lipinski definition) is 0. The summed E-state index contributed by atoms with van der Waals surface area (Å²) in [6.45, 7) is 2.09. The monoisotopic (exact) mass is 149 g/mol. The van der Waals surface area contributed by atoms with E-state index in [1.165, 1.54) is 0 Å². The Bertz CT molecular complexity index is 280. The van der Waals surface area contributed by atoms with Crippen LogP contribution in [-0.4, -0.2) is 9.78 Å². The Hall–Kier alpha value is -1.30. The van der Waals surface area contributed by atoms with E-state index < -0.39 is 0 Å². The first kappa shape index (κ1) is 7.80. The molecule has 0 saturated carbocycles. The van der Waals surface area contributed by atoms with Gasteiger partial charge in [-0.3, -0.25) is 4.68 Å². The Labute approximate surface area is 66.3 Å². The third-order valence-electron chi connectivity index (χ3n) is 1.67. The fraction of sp³-hybridized carbons (Fsp3) is 0.500. The molecule has 11 heavy (non-hydrogen) atoms. The highest BCUT2D eigenvalue weighted by Crippen LogP contribution is 2.07. The molecule has 58 valence electrons. The van der Waals surface area contributed by atoms with Gasteiger partial charge in [0.25, 0.3) is 0 Å². The first-order chi connectivity index (χ1) is 5.29. The zero-order chi connectivity index (χ0) is 8.27. The lowest BCUT2D eigenvalue weighted by Crippen LogP contribution is -1.98. The lowest BCUT2D eigenvalue weighted by molar-refractivity contribution is 0.697. The molecule has 0 spiro atoms. The molecular weight excluding hydrogens is 138 g/mol. The Morgan fingerprint density at radius 1 is 1.73 bits per heavy atom. The number of nitriles is 1. The van der Waals surface area contributed by atoms with Crippen molar-refractivity contribution in [3.05, 3.63) is 17.5 Å². The first-order valence-corrected chi connectivity index (χ1v) is 3.70. The summed E-state index contributed by atoms with van der Waals surface area (Å²) in [5.41, 5.74) is 1.74. The highest BCUT2D eigenvalue weighted by atomic mass is 15.3. The summed E-state index contributed by atoms with van der Waals surface area (Å²) >= 11 is 0. The average Bonchev–Trinajstić information content (AvgIpc) is 2.34. The summed E-state index contributed by atoms with van der Waals surface area (Å²) in [6.07, 6.45) is 3.60. The van der Waals surface area contributed by atoms with Crippen molar-refractivity contribution in [1.29, 1.82) is 5.26 Å². The molecule has 0 aliphatic heterocycles. The molecule has 0 bridgehead atoms. The summed E-state index contributed by atoms with van der Waals surface area (Å²) < 4.78 is 1.77. The maximum absolute atomic E-state index is 8.66. The van der Waals surface area contributed by atoms with Crippen LogP contribution >= 0.6 is 0 Å². The van der Waals surface area contributed by atoms with Gasteiger partial charge in [-0.1, -0.05) is 13.3 Å². The predicted octanol–water partition coefficient (Wildman–Crippen LogP) is 1.24. The molecule has 0 saturated heterocycles. The number of rotatable bonds is 2. The second-order valence-electron chi connectivity index (χ2n) is 2.49.